The van der Waals surface area contributed by atoms with Crippen molar-refractivity contribution in [3.8, 4) is 11.5 Å². The number of nitrogens with zero attached hydrogens (tertiary/aromatic N) is 1. The summed E-state index contributed by atoms with van der Waals surface area (Å²) in [6.45, 7) is 0.288. The second-order valence-electron chi connectivity index (χ2n) is 5.40. The molecule has 1 N–H and O–H groups in total. The predicted octanol–water partition coefficient (Wildman–Crippen LogP) is 3.00. The second kappa shape index (κ2) is 7.42. The van der Waals surface area contributed by atoms with Crippen LogP contribution in [0, 0.1) is 0 Å². The monoisotopic (exact) mass is 342 g/mol. The van der Waals surface area contributed by atoms with Crippen molar-refractivity contribution in [2.24, 2.45) is 0 Å². The Kier molecular flexibility index (Phi) is 5.08. The minimum absolute atomic E-state index is 0.0259. The van der Waals surface area contributed by atoms with E-state index in [1.807, 2.05) is 48.5 Å². The molecule has 3 aromatic rings. The fourth-order valence-corrected chi connectivity index (χ4v) is 3.46. The molecule has 0 aliphatic carbocycles. The number of benzene rings is 2. The van der Waals surface area contributed by atoms with E-state index in [1.54, 1.807) is 18.4 Å². The van der Waals surface area contributed by atoms with Gasteiger partial charge in [-0.05, 0) is 17.7 Å². The molecule has 0 atom stereocenters. The molecule has 1 heterocycles. The first-order valence-corrected chi connectivity index (χ1v) is 9.29. The van der Waals surface area contributed by atoms with Crippen molar-refractivity contribution in [2.45, 2.75) is 12.2 Å². The van der Waals surface area contributed by atoms with Gasteiger partial charge in [-0.1, -0.05) is 48.5 Å². The van der Waals surface area contributed by atoms with Crippen molar-refractivity contribution < 1.29 is 12.8 Å². The molecule has 0 spiro atoms. The smallest absolute Gasteiger partial charge is 0.226 e. The number of hydrogen-bond donors (Lipinski definition) is 1. The summed E-state index contributed by atoms with van der Waals surface area (Å²) in [5.74, 6) is 0.514. The molecule has 0 saturated carbocycles. The van der Waals surface area contributed by atoms with Crippen LogP contribution in [-0.4, -0.2) is 19.9 Å². The van der Waals surface area contributed by atoms with E-state index in [-0.39, 0.29) is 12.3 Å². The standard InChI is InChI=1S/C18H18N2O3S/c21-24(22,14-15-7-3-1-4-8-15)19-12-11-17-13-23-18(20-17)16-9-5-2-6-10-16/h1-10,13,19H,11-12,14H2. The van der Waals surface area contributed by atoms with Gasteiger partial charge in [-0.2, -0.15) is 0 Å². The van der Waals surface area contributed by atoms with Crippen LogP contribution in [0.2, 0.25) is 0 Å². The van der Waals surface area contributed by atoms with Crippen molar-refractivity contribution in [3.05, 3.63) is 78.2 Å². The Balaban J connectivity index is 1.54. The van der Waals surface area contributed by atoms with Crippen molar-refractivity contribution in [1.29, 1.82) is 0 Å². The first kappa shape index (κ1) is 16.4. The van der Waals surface area contributed by atoms with Crippen LogP contribution in [0.4, 0.5) is 0 Å². The van der Waals surface area contributed by atoms with Crippen LogP contribution in [0.5, 0.6) is 0 Å². The van der Waals surface area contributed by atoms with Crippen LogP contribution >= 0.6 is 0 Å². The minimum atomic E-state index is -3.36. The van der Waals surface area contributed by atoms with Gasteiger partial charge in [-0.3, -0.25) is 0 Å². The average molecular weight is 342 g/mol. The molecule has 2 aromatic carbocycles. The molecule has 124 valence electrons. The van der Waals surface area contributed by atoms with Gasteiger partial charge in [0, 0.05) is 18.5 Å². The lowest BCUT2D eigenvalue weighted by molar-refractivity contribution is 0.570. The molecule has 24 heavy (non-hydrogen) atoms. The molecule has 0 aliphatic heterocycles. The summed E-state index contributed by atoms with van der Waals surface area (Å²) in [6, 6.07) is 18.7. The van der Waals surface area contributed by atoms with E-state index in [2.05, 4.69) is 9.71 Å². The van der Waals surface area contributed by atoms with E-state index in [1.165, 1.54) is 0 Å². The second-order valence-corrected chi connectivity index (χ2v) is 7.21. The van der Waals surface area contributed by atoms with Gasteiger partial charge in [0.1, 0.15) is 6.26 Å². The number of nitrogens with one attached hydrogen (secondary N) is 1. The van der Waals surface area contributed by atoms with E-state index in [9.17, 15) is 8.42 Å². The van der Waals surface area contributed by atoms with Crippen molar-refractivity contribution in [3.63, 3.8) is 0 Å². The van der Waals surface area contributed by atoms with Crippen molar-refractivity contribution in [2.75, 3.05) is 6.54 Å². The molecule has 0 radical (unpaired) electrons. The molecule has 6 heteroatoms. The van der Waals surface area contributed by atoms with E-state index in [4.69, 9.17) is 4.42 Å². The highest BCUT2D eigenvalue weighted by Gasteiger charge is 2.12. The summed E-state index contributed by atoms with van der Waals surface area (Å²) in [7, 11) is -3.36. The topological polar surface area (TPSA) is 72.2 Å². The van der Waals surface area contributed by atoms with Crippen LogP contribution in [0.15, 0.2) is 71.3 Å². The van der Waals surface area contributed by atoms with Crippen LogP contribution in [0.1, 0.15) is 11.3 Å². The predicted molar refractivity (Wildman–Crippen MR) is 92.7 cm³/mol. The lowest BCUT2D eigenvalue weighted by Gasteiger charge is -2.05. The third-order valence-corrected chi connectivity index (χ3v) is 4.83. The van der Waals surface area contributed by atoms with Gasteiger partial charge in [-0.15, -0.1) is 0 Å². The molecule has 0 bridgehead atoms. The van der Waals surface area contributed by atoms with Gasteiger partial charge >= 0.3 is 0 Å². The van der Waals surface area contributed by atoms with Gasteiger partial charge in [0.15, 0.2) is 0 Å². The molecule has 3 rings (SSSR count). The Morgan fingerprint density at radius 1 is 0.958 bits per heavy atom. The Bertz CT molecular complexity index is 875. The van der Waals surface area contributed by atoms with Gasteiger partial charge < -0.3 is 4.42 Å². The molecule has 0 aliphatic rings. The molecule has 5 nitrogen and oxygen atoms in total. The summed E-state index contributed by atoms with van der Waals surface area (Å²) >= 11 is 0. The first-order chi connectivity index (χ1) is 11.6. The van der Waals surface area contributed by atoms with E-state index < -0.39 is 10.0 Å². The highest BCUT2D eigenvalue weighted by molar-refractivity contribution is 7.88. The summed E-state index contributed by atoms with van der Waals surface area (Å²) < 4.78 is 32.2. The zero-order valence-electron chi connectivity index (χ0n) is 13.1. The number of sulfonamides is 1. The van der Waals surface area contributed by atoms with Crippen LogP contribution in [-0.2, 0) is 22.2 Å². The summed E-state index contributed by atoms with van der Waals surface area (Å²) in [6.07, 6.45) is 2.04. The maximum Gasteiger partial charge on any atom is 0.226 e. The molecule has 0 unspecified atom stereocenters. The van der Waals surface area contributed by atoms with E-state index >= 15 is 0 Å². The minimum Gasteiger partial charge on any atom is -0.444 e. The van der Waals surface area contributed by atoms with Crippen LogP contribution in [0.25, 0.3) is 11.5 Å². The molecule has 0 amide bonds. The SMILES string of the molecule is O=S(=O)(Cc1ccccc1)NCCc1coc(-c2ccccc2)n1. The van der Waals surface area contributed by atoms with E-state index in [0.29, 0.717) is 12.3 Å². The number of oxazole rings is 1. The maximum absolute atomic E-state index is 12.1. The van der Waals surface area contributed by atoms with Crippen molar-refractivity contribution >= 4 is 10.0 Å². The molecule has 1 aromatic heterocycles. The van der Waals surface area contributed by atoms with Crippen LogP contribution in [0.3, 0.4) is 0 Å². The number of hydrogen-bond acceptors (Lipinski definition) is 4. The first-order valence-electron chi connectivity index (χ1n) is 7.63. The highest BCUT2D eigenvalue weighted by atomic mass is 32.2. The lowest BCUT2D eigenvalue weighted by Crippen LogP contribution is -2.27. The molecular weight excluding hydrogens is 324 g/mol. The Morgan fingerprint density at radius 3 is 2.33 bits per heavy atom. The van der Waals surface area contributed by atoms with Gasteiger partial charge in [0.2, 0.25) is 15.9 Å². The summed E-state index contributed by atoms with van der Waals surface area (Å²) in [5.41, 5.74) is 2.38. The third kappa shape index (κ3) is 4.53. The largest absolute Gasteiger partial charge is 0.444 e. The van der Waals surface area contributed by atoms with Crippen molar-refractivity contribution in [1.82, 2.24) is 9.71 Å². The Labute approximate surface area is 141 Å². The van der Waals surface area contributed by atoms with Gasteiger partial charge in [-0.25, -0.2) is 18.1 Å². The van der Waals surface area contributed by atoms with Gasteiger partial charge in [0.25, 0.3) is 0 Å². The number of aromatic nitrogens is 1. The average Bonchev–Trinajstić information content (AvgIpc) is 3.05. The Morgan fingerprint density at radius 2 is 1.62 bits per heavy atom. The Hall–Kier alpha value is -2.44. The normalized spacial score (nSPS) is 11.5. The summed E-state index contributed by atoms with van der Waals surface area (Å²) in [4.78, 5) is 4.38. The fourth-order valence-electron chi connectivity index (χ4n) is 2.31. The summed E-state index contributed by atoms with van der Waals surface area (Å²) in [5, 5.41) is 0. The molecule has 0 fully saturated rings. The maximum atomic E-state index is 12.1. The van der Waals surface area contributed by atoms with Crippen LogP contribution < -0.4 is 4.72 Å². The van der Waals surface area contributed by atoms with E-state index in [0.717, 1.165) is 16.8 Å². The van der Waals surface area contributed by atoms with Gasteiger partial charge in [0.05, 0.1) is 11.4 Å². The third-order valence-electron chi connectivity index (χ3n) is 3.48. The quantitative estimate of drug-likeness (QED) is 0.716. The molecular formula is C18H18N2O3S. The molecule has 0 saturated heterocycles. The highest BCUT2D eigenvalue weighted by Crippen LogP contribution is 2.18. The lowest BCUT2D eigenvalue weighted by atomic mass is 10.2. The zero-order chi connectivity index (χ0) is 16.8. The zero-order valence-corrected chi connectivity index (χ0v) is 13.9. The fraction of sp³-hybridized carbons (Fsp3) is 0.167. The number of rotatable bonds is 7.